The number of hydrogen-bond acceptors (Lipinski definition) is 3. The van der Waals surface area contributed by atoms with Crippen molar-refractivity contribution in [1.29, 1.82) is 0 Å². The van der Waals surface area contributed by atoms with E-state index < -0.39 is 0 Å². The van der Waals surface area contributed by atoms with Crippen LogP contribution in [0.4, 0.5) is 0 Å². The molecule has 0 atom stereocenters. The summed E-state index contributed by atoms with van der Waals surface area (Å²) in [6.07, 6.45) is 0.589. The molecule has 0 aliphatic carbocycles. The molecule has 0 unspecified atom stereocenters. The fourth-order valence-electron chi connectivity index (χ4n) is 0.590. The van der Waals surface area contributed by atoms with Crippen LogP contribution in [0.25, 0.3) is 0 Å². The fourth-order valence-corrected chi connectivity index (χ4v) is 0.590. The predicted molar refractivity (Wildman–Crippen MR) is 42.0 cm³/mol. The summed E-state index contributed by atoms with van der Waals surface area (Å²) >= 11 is 0. The SMILES string of the molecule is CC(=O)CCC(=O)NCCN. The Morgan fingerprint density at radius 1 is 1.36 bits per heavy atom. The summed E-state index contributed by atoms with van der Waals surface area (Å²) < 4.78 is 0. The Labute approximate surface area is 66.1 Å². The van der Waals surface area contributed by atoms with E-state index in [4.69, 9.17) is 5.73 Å². The topological polar surface area (TPSA) is 72.2 Å². The summed E-state index contributed by atoms with van der Waals surface area (Å²) in [5.74, 6) is -0.0708. The summed E-state index contributed by atoms with van der Waals surface area (Å²) in [6, 6.07) is 0. The number of amides is 1. The molecular formula is C7H14N2O2. The zero-order chi connectivity index (χ0) is 8.69. The molecule has 3 N–H and O–H groups in total. The number of carbonyl (C=O) groups is 2. The van der Waals surface area contributed by atoms with Crippen LogP contribution in [0, 0.1) is 0 Å². The van der Waals surface area contributed by atoms with Crippen LogP contribution in [-0.4, -0.2) is 24.8 Å². The van der Waals surface area contributed by atoms with E-state index in [0.717, 1.165) is 0 Å². The molecule has 0 aromatic heterocycles. The van der Waals surface area contributed by atoms with Crippen LogP contribution in [0.1, 0.15) is 19.8 Å². The number of hydrogen-bond donors (Lipinski definition) is 2. The highest BCUT2D eigenvalue weighted by atomic mass is 16.2. The first-order valence-corrected chi connectivity index (χ1v) is 3.63. The maximum Gasteiger partial charge on any atom is 0.220 e. The zero-order valence-electron chi connectivity index (χ0n) is 6.72. The van der Waals surface area contributed by atoms with E-state index in [1.165, 1.54) is 6.92 Å². The molecule has 0 radical (unpaired) electrons. The van der Waals surface area contributed by atoms with Crippen LogP contribution in [0.3, 0.4) is 0 Å². The van der Waals surface area contributed by atoms with Gasteiger partial charge in [-0.2, -0.15) is 0 Å². The van der Waals surface area contributed by atoms with Gasteiger partial charge in [-0.1, -0.05) is 0 Å². The molecule has 0 saturated heterocycles. The molecule has 0 spiro atoms. The summed E-state index contributed by atoms with van der Waals surface area (Å²) in [5.41, 5.74) is 5.15. The van der Waals surface area contributed by atoms with E-state index in [2.05, 4.69) is 5.32 Å². The monoisotopic (exact) mass is 158 g/mol. The molecule has 0 rings (SSSR count). The van der Waals surface area contributed by atoms with Gasteiger partial charge >= 0.3 is 0 Å². The highest BCUT2D eigenvalue weighted by Crippen LogP contribution is 1.88. The van der Waals surface area contributed by atoms with Crippen molar-refractivity contribution in [3.63, 3.8) is 0 Å². The van der Waals surface area contributed by atoms with Gasteiger partial charge in [-0.3, -0.25) is 4.79 Å². The van der Waals surface area contributed by atoms with Crippen molar-refractivity contribution in [3.05, 3.63) is 0 Å². The molecule has 0 aromatic carbocycles. The van der Waals surface area contributed by atoms with E-state index in [9.17, 15) is 9.59 Å². The van der Waals surface area contributed by atoms with E-state index in [0.29, 0.717) is 19.5 Å². The minimum absolute atomic E-state index is 0.0351. The van der Waals surface area contributed by atoms with E-state index in [1.54, 1.807) is 0 Å². The lowest BCUT2D eigenvalue weighted by Crippen LogP contribution is -2.29. The first-order chi connectivity index (χ1) is 5.16. The number of Topliss-reactive ketones (excluding diaryl/α,β-unsaturated/α-hetero) is 1. The Balaban J connectivity index is 3.30. The highest BCUT2D eigenvalue weighted by Gasteiger charge is 2.00. The Morgan fingerprint density at radius 3 is 2.45 bits per heavy atom. The lowest BCUT2D eigenvalue weighted by Gasteiger charge is -2.00. The van der Waals surface area contributed by atoms with Crippen molar-refractivity contribution in [3.8, 4) is 0 Å². The zero-order valence-corrected chi connectivity index (χ0v) is 6.72. The van der Waals surface area contributed by atoms with Gasteiger partial charge in [-0.05, 0) is 6.92 Å². The predicted octanol–water partition coefficient (Wildman–Crippen LogP) is -0.569. The number of rotatable bonds is 5. The second-order valence-corrected chi connectivity index (χ2v) is 2.34. The van der Waals surface area contributed by atoms with Crippen LogP contribution < -0.4 is 11.1 Å². The molecule has 0 fully saturated rings. The third kappa shape index (κ3) is 6.99. The average Bonchev–Trinajstić information content (AvgIpc) is 1.97. The molecule has 0 aromatic rings. The van der Waals surface area contributed by atoms with Gasteiger partial charge in [0.05, 0.1) is 0 Å². The minimum atomic E-state index is -0.106. The van der Waals surface area contributed by atoms with Crippen molar-refractivity contribution in [1.82, 2.24) is 5.32 Å². The third-order valence-electron chi connectivity index (χ3n) is 1.17. The molecule has 0 aliphatic rings. The normalized spacial score (nSPS) is 9.27. The molecule has 1 amide bonds. The Morgan fingerprint density at radius 2 is 2.00 bits per heavy atom. The molecule has 64 valence electrons. The van der Waals surface area contributed by atoms with Gasteiger partial charge in [0, 0.05) is 25.9 Å². The minimum Gasteiger partial charge on any atom is -0.355 e. The Kier molecular flexibility index (Phi) is 5.37. The highest BCUT2D eigenvalue weighted by molar-refractivity contribution is 5.83. The maximum absolute atomic E-state index is 10.8. The summed E-state index contributed by atoms with van der Waals surface area (Å²) in [5, 5.41) is 2.57. The van der Waals surface area contributed by atoms with Crippen molar-refractivity contribution < 1.29 is 9.59 Å². The Bertz CT molecular complexity index is 145. The Hall–Kier alpha value is -0.900. The lowest BCUT2D eigenvalue weighted by molar-refractivity contribution is -0.124. The summed E-state index contributed by atoms with van der Waals surface area (Å²) in [4.78, 5) is 21.2. The largest absolute Gasteiger partial charge is 0.355 e. The first kappa shape index (κ1) is 10.1. The molecule has 0 aliphatic heterocycles. The summed E-state index contributed by atoms with van der Waals surface area (Å²) in [7, 11) is 0. The van der Waals surface area contributed by atoms with Gasteiger partial charge in [0.15, 0.2) is 0 Å². The smallest absolute Gasteiger partial charge is 0.220 e. The lowest BCUT2D eigenvalue weighted by atomic mass is 10.2. The number of carbonyl (C=O) groups excluding carboxylic acids is 2. The number of ketones is 1. The first-order valence-electron chi connectivity index (χ1n) is 3.63. The van der Waals surface area contributed by atoms with Crippen LogP contribution in [0.2, 0.25) is 0 Å². The van der Waals surface area contributed by atoms with Gasteiger partial charge in [0.25, 0.3) is 0 Å². The van der Waals surface area contributed by atoms with Crippen molar-refractivity contribution in [2.75, 3.05) is 13.1 Å². The second-order valence-electron chi connectivity index (χ2n) is 2.34. The summed E-state index contributed by atoms with van der Waals surface area (Å²) in [6.45, 7) is 2.39. The van der Waals surface area contributed by atoms with Crippen LogP contribution in [0.5, 0.6) is 0 Å². The van der Waals surface area contributed by atoms with E-state index >= 15 is 0 Å². The van der Waals surface area contributed by atoms with Gasteiger partial charge in [-0.25, -0.2) is 0 Å². The molecular weight excluding hydrogens is 144 g/mol. The molecule has 11 heavy (non-hydrogen) atoms. The van der Waals surface area contributed by atoms with Crippen molar-refractivity contribution in [2.45, 2.75) is 19.8 Å². The van der Waals surface area contributed by atoms with Gasteiger partial charge in [-0.15, -0.1) is 0 Å². The molecule has 4 heteroatoms. The van der Waals surface area contributed by atoms with Crippen molar-refractivity contribution in [2.24, 2.45) is 5.73 Å². The van der Waals surface area contributed by atoms with Crippen molar-refractivity contribution >= 4 is 11.7 Å². The van der Waals surface area contributed by atoms with Gasteiger partial charge in [0.2, 0.25) is 5.91 Å². The van der Waals surface area contributed by atoms with Crippen LogP contribution in [-0.2, 0) is 9.59 Å². The molecule has 0 bridgehead atoms. The van der Waals surface area contributed by atoms with Gasteiger partial charge in [0.1, 0.15) is 5.78 Å². The number of nitrogens with one attached hydrogen (secondary N) is 1. The van der Waals surface area contributed by atoms with Gasteiger partial charge < -0.3 is 15.8 Å². The molecule has 0 saturated carbocycles. The van der Waals surface area contributed by atoms with E-state index in [-0.39, 0.29) is 18.1 Å². The maximum atomic E-state index is 10.8. The number of nitrogens with two attached hydrogens (primary N) is 1. The van der Waals surface area contributed by atoms with Crippen LogP contribution in [0.15, 0.2) is 0 Å². The molecule has 4 nitrogen and oxygen atoms in total. The third-order valence-corrected chi connectivity index (χ3v) is 1.17. The standard InChI is InChI=1S/C7H14N2O2/c1-6(10)2-3-7(11)9-5-4-8/h2-5,8H2,1H3,(H,9,11). The quantitative estimate of drug-likeness (QED) is 0.563. The van der Waals surface area contributed by atoms with E-state index in [1.807, 2.05) is 0 Å². The van der Waals surface area contributed by atoms with Crippen LogP contribution >= 0.6 is 0 Å². The second kappa shape index (κ2) is 5.85. The average molecular weight is 158 g/mol. The fraction of sp³-hybridized carbons (Fsp3) is 0.714. The molecule has 0 heterocycles.